The number of carboxylic acids is 1. The zero-order valence-corrected chi connectivity index (χ0v) is 14.4. The fourth-order valence-electron chi connectivity index (χ4n) is 3.53. The van der Waals surface area contributed by atoms with Gasteiger partial charge in [-0.2, -0.15) is 0 Å². The lowest BCUT2D eigenvalue weighted by molar-refractivity contribution is -0.137. The van der Waals surface area contributed by atoms with Gasteiger partial charge in [-0.05, 0) is 41.7 Å². The number of benzene rings is 2. The van der Waals surface area contributed by atoms with Crippen LogP contribution in [0.15, 0.2) is 48.5 Å². The first-order chi connectivity index (χ1) is 11.8. The molecular weight excluding hydrogens is 343 g/mol. The molecule has 0 spiro atoms. The summed E-state index contributed by atoms with van der Waals surface area (Å²) in [6.45, 7) is 0. The molecule has 2 aromatic rings. The van der Waals surface area contributed by atoms with Gasteiger partial charge in [0.15, 0.2) is 9.84 Å². The molecule has 0 aromatic heterocycles. The number of hydrogen-bond donors (Lipinski definition) is 1. The number of carboxylic acid groups (broad SMARTS) is 1. The van der Waals surface area contributed by atoms with Gasteiger partial charge in [0.1, 0.15) is 10.6 Å². The van der Waals surface area contributed by atoms with Crippen molar-refractivity contribution in [3.05, 3.63) is 59.9 Å². The highest BCUT2D eigenvalue weighted by Gasteiger charge is 2.48. The SMILES string of the molecule is O=C(O)CC1(c2ccc(-c3ccc(F)cc3)cc2)CCCCS1(=O)=O. The van der Waals surface area contributed by atoms with E-state index < -0.39 is 27.0 Å². The van der Waals surface area contributed by atoms with Gasteiger partial charge in [-0.3, -0.25) is 4.79 Å². The maximum Gasteiger partial charge on any atom is 0.305 e. The number of aliphatic carboxylic acids is 1. The largest absolute Gasteiger partial charge is 0.481 e. The van der Waals surface area contributed by atoms with Crippen LogP contribution >= 0.6 is 0 Å². The second-order valence-corrected chi connectivity index (χ2v) is 8.84. The van der Waals surface area contributed by atoms with E-state index in [1.807, 2.05) is 0 Å². The molecule has 0 bridgehead atoms. The van der Waals surface area contributed by atoms with Crippen molar-refractivity contribution in [2.24, 2.45) is 0 Å². The highest BCUT2D eigenvalue weighted by atomic mass is 32.2. The zero-order valence-electron chi connectivity index (χ0n) is 13.6. The summed E-state index contributed by atoms with van der Waals surface area (Å²) in [5, 5.41) is 9.28. The van der Waals surface area contributed by atoms with Gasteiger partial charge < -0.3 is 5.11 Å². The van der Waals surface area contributed by atoms with Crippen LogP contribution in [0, 0.1) is 5.82 Å². The van der Waals surface area contributed by atoms with E-state index in [2.05, 4.69) is 0 Å². The number of halogens is 1. The molecule has 0 amide bonds. The third kappa shape index (κ3) is 3.31. The first-order valence-electron chi connectivity index (χ1n) is 8.15. The summed E-state index contributed by atoms with van der Waals surface area (Å²) in [6.07, 6.45) is 1.15. The molecule has 1 heterocycles. The average molecular weight is 362 g/mol. The number of hydrogen-bond acceptors (Lipinski definition) is 3. The third-order valence-electron chi connectivity index (χ3n) is 4.86. The van der Waals surface area contributed by atoms with E-state index in [1.54, 1.807) is 36.4 Å². The lowest BCUT2D eigenvalue weighted by Gasteiger charge is -2.36. The Morgan fingerprint density at radius 1 is 1.00 bits per heavy atom. The maximum absolute atomic E-state index is 13.0. The normalized spacial score (nSPS) is 22.4. The van der Waals surface area contributed by atoms with Gasteiger partial charge in [-0.25, -0.2) is 12.8 Å². The van der Waals surface area contributed by atoms with Crippen molar-refractivity contribution in [1.82, 2.24) is 0 Å². The topological polar surface area (TPSA) is 71.4 Å². The molecule has 6 heteroatoms. The van der Waals surface area contributed by atoms with Crippen LogP contribution in [-0.4, -0.2) is 25.2 Å². The van der Waals surface area contributed by atoms with Crippen molar-refractivity contribution in [1.29, 1.82) is 0 Å². The molecule has 0 saturated carbocycles. The van der Waals surface area contributed by atoms with Crippen LogP contribution in [0.1, 0.15) is 31.2 Å². The molecule has 3 rings (SSSR count). The number of carbonyl (C=O) groups is 1. The van der Waals surface area contributed by atoms with Gasteiger partial charge in [0.05, 0.1) is 12.2 Å². The average Bonchev–Trinajstić information content (AvgIpc) is 2.57. The number of sulfone groups is 1. The van der Waals surface area contributed by atoms with Crippen LogP contribution in [0.25, 0.3) is 11.1 Å². The fraction of sp³-hybridized carbons (Fsp3) is 0.316. The first-order valence-corrected chi connectivity index (χ1v) is 9.80. The van der Waals surface area contributed by atoms with E-state index in [0.29, 0.717) is 24.8 Å². The molecule has 1 aliphatic rings. The summed E-state index contributed by atoms with van der Waals surface area (Å²) >= 11 is 0. The molecule has 25 heavy (non-hydrogen) atoms. The molecule has 1 aliphatic heterocycles. The standard InChI is InChI=1S/C19H19FO4S/c20-17-9-5-15(6-10-17)14-3-7-16(8-4-14)19(13-18(21)22)11-1-2-12-25(19,23)24/h3-10H,1-2,11-13H2,(H,21,22). The molecule has 1 N–H and O–H groups in total. The van der Waals surface area contributed by atoms with Crippen LogP contribution in [0.5, 0.6) is 0 Å². The lowest BCUT2D eigenvalue weighted by Crippen LogP contribution is -2.42. The Morgan fingerprint density at radius 3 is 2.08 bits per heavy atom. The Balaban J connectivity index is 2.02. The second-order valence-electron chi connectivity index (χ2n) is 6.43. The van der Waals surface area contributed by atoms with Gasteiger partial charge in [0.25, 0.3) is 0 Å². The van der Waals surface area contributed by atoms with Gasteiger partial charge in [-0.15, -0.1) is 0 Å². The summed E-state index contributed by atoms with van der Waals surface area (Å²) in [5.74, 6) is -1.43. The molecule has 1 atom stereocenters. The molecule has 1 saturated heterocycles. The van der Waals surface area contributed by atoms with E-state index in [1.165, 1.54) is 12.1 Å². The van der Waals surface area contributed by atoms with Crippen LogP contribution in [-0.2, 0) is 19.4 Å². The Morgan fingerprint density at radius 2 is 1.56 bits per heavy atom. The fourth-order valence-corrected chi connectivity index (χ4v) is 5.80. The van der Waals surface area contributed by atoms with Crippen molar-refractivity contribution in [2.45, 2.75) is 30.4 Å². The van der Waals surface area contributed by atoms with E-state index >= 15 is 0 Å². The van der Waals surface area contributed by atoms with Crippen LogP contribution in [0.4, 0.5) is 4.39 Å². The Hall–Kier alpha value is -2.21. The summed E-state index contributed by atoms with van der Waals surface area (Å²) in [4.78, 5) is 11.4. The van der Waals surface area contributed by atoms with Crippen molar-refractivity contribution in [3.8, 4) is 11.1 Å². The molecule has 132 valence electrons. The number of rotatable bonds is 4. The molecule has 1 fully saturated rings. The minimum atomic E-state index is -3.55. The summed E-state index contributed by atoms with van der Waals surface area (Å²) < 4.78 is 37.1. The predicted molar refractivity (Wildman–Crippen MR) is 93.4 cm³/mol. The van der Waals surface area contributed by atoms with Crippen molar-refractivity contribution >= 4 is 15.8 Å². The summed E-state index contributed by atoms with van der Waals surface area (Å²) in [7, 11) is -3.55. The molecule has 4 nitrogen and oxygen atoms in total. The van der Waals surface area contributed by atoms with Crippen LogP contribution in [0.2, 0.25) is 0 Å². The predicted octanol–water partition coefficient (Wildman–Crippen LogP) is 3.76. The van der Waals surface area contributed by atoms with Crippen molar-refractivity contribution in [3.63, 3.8) is 0 Å². The van der Waals surface area contributed by atoms with Gasteiger partial charge in [0, 0.05) is 0 Å². The minimum Gasteiger partial charge on any atom is -0.481 e. The zero-order chi connectivity index (χ0) is 18.1. The first kappa shape index (κ1) is 17.6. The van der Waals surface area contributed by atoms with Crippen molar-refractivity contribution < 1.29 is 22.7 Å². The summed E-state index contributed by atoms with van der Waals surface area (Å²) in [5.41, 5.74) is 2.15. The third-order valence-corrected chi connectivity index (χ3v) is 7.47. The molecule has 0 radical (unpaired) electrons. The summed E-state index contributed by atoms with van der Waals surface area (Å²) in [6, 6.07) is 12.9. The monoisotopic (exact) mass is 362 g/mol. The second kappa shape index (κ2) is 6.59. The van der Waals surface area contributed by atoms with Crippen LogP contribution < -0.4 is 0 Å². The quantitative estimate of drug-likeness (QED) is 0.899. The Bertz CT molecular complexity index is 873. The van der Waals surface area contributed by atoms with Gasteiger partial charge >= 0.3 is 5.97 Å². The van der Waals surface area contributed by atoms with Crippen LogP contribution in [0.3, 0.4) is 0 Å². The minimum absolute atomic E-state index is 0.0139. The highest BCUT2D eigenvalue weighted by molar-refractivity contribution is 7.92. The maximum atomic E-state index is 13.0. The molecular formula is C19H19FO4S. The molecule has 2 aromatic carbocycles. The van der Waals surface area contributed by atoms with E-state index in [4.69, 9.17) is 0 Å². The van der Waals surface area contributed by atoms with Gasteiger partial charge in [0.2, 0.25) is 0 Å². The van der Waals surface area contributed by atoms with E-state index in [0.717, 1.165) is 11.1 Å². The van der Waals surface area contributed by atoms with E-state index in [-0.39, 0.29) is 11.6 Å². The Labute approximate surface area is 146 Å². The Kier molecular flexibility index (Phi) is 4.64. The van der Waals surface area contributed by atoms with Gasteiger partial charge in [-0.1, -0.05) is 42.8 Å². The smallest absolute Gasteiger partial charge is 0.305 e. The van der Waals surface area contributed by atoms with E-state index in [9.17, 15) is 22.7 Å². The highest BCUT2D eigenvalue weighted by Crippen LogP contribution is 2.43. The van der Waals surface area contributed by atoms with Crippen molar-refractivity contribution in [2.75, 3.05) is 5.75 Å². The molecule has 0 aliphatic carbocycles. The lowest BCUT2D eigenvalue weighted by atomic mass is 9.88. The molecule has 1 unspecified atom stereocenters.